The Morgan fingerprint density at radius 1 is 1.21 bits per heavy atom. The topological polar surface area (TPSA) is 111 Å². The Kier molecular flexibility index (Phi) is 6.46. The summed E-state index contributed by atoms with van der Waals surface area (Å²) in [6.07, 6.45) is 0.893. The second-order valence-corrected chi connectivity index (χ2v) is 9.54. The van der Waals surface area contributed by atoms with Gasteiger partial charge in [0.15, 0.2) is 6.10 Å². The van der Waals surface area contributed by atoms with E-state index in [0.29, 0.717) is 17.2 Å². The molecule has 0 spiro atoms. The van der Waals surface area contributed by atoms with Crippen LogP contribution in [0, 0.1) is 6.92 Å². The molecule has 3 aromatic rings. The van der Waals surface area contributed by atoms with Gasteiger partial charge in [-0.05, 0) is 44.5 Å². The van der Waals surface area contributed by atoms with Crippen molar-refractivity contribution in [3.8, 4) is 11.5 Å². The number of carbonyl (C=O) groups is 1. The highest BCUT2D eigenvalue weighted by Crippen LogP contribution is 2.25. The number of sulfonamides is 1. The molecule has 10 heteroatoms. The minimum Gasteiger partial charge on any atom is -0.448 e. The molecule has 0 bridgehead atoms. The minimum atomic E-state index is -3.23. The maximum absolute atomic E-state index is 12.4. The Morgan fingerprint density at radius 3 is 2.62 bits per heavy atom. The number of thiophene rings is 1. The van der Waals surface area contributed by atoms with E-state index in [2.05, 4.69) is 14.9 Å². The number of nitrogens with zero attached hydrogens (tertiary/aromatic N) is 2. The third kappa shape index (κ3) is 5.96. The highest BCUT2D eigenvalue weighted by Gasteiger charge is 2.21. The summed E-state index contributed by atoms with van der Waals surface area (Å²) in [5.41, 5.74) is 1.91. The fourth-order valence-electron chi connectivity index (χ4n) is 2.46. The van der Waals surface area contributed by atoms with E-state index >= 15 is 0 Å². The Morgan fingerprint density at radius 2 is 1.93 bits per heavy atom. The first-order valence-corrected chi connectivity index (χ1v) is 11.6. The maximum Gasteiger partial charge on any atom is 0.349 e. The van der Waals surface area contributed by atoms with Crippen molar-refractivity contribution in [3.05, 3.63) is 57.6 Å². The lowest BCUT2D eigenvalue weighted by Gasteiger charge is -2.08. The van der Waals surface area contributed by atoms with Gasteiger partial charge in [0.25, 0.3) is 5.89 Å². The first kappa shape index (κ1) is 21.2. The molecule has 0 aliphatic heterocycles. The molecule has 29 heavy (non-hydrogen) atoms. The molecule has 0 saturated carbocycles. The SMILES string of the molecule is Cc1ccc(-c2nnc([C@H](C)OC(=O)c3ccc(CCNS(C)(=O)=O)s3)o2)cc1. The van der Waals surface area contributed by atoms with Crippen molar-refractivity contribution in [2.45, 2.75) is 26.4 Å². The summed E-state index contributed by atoms with van der Waals surface area (Å²) in [6, 6.07) is 11.1. The van der Waals surface area contributed by atoms with Gasteiger partial charge in [-0.25, -0.2) is 17.9 Å². The van der Waals surface area contributed by atoms with Gasteiger partial charge < -0.3 is 9.15 Å². The highest BCUT2D eigenvalue weighted by atomic mass is 32.2. The maximum atomic E-state index is 12.4. The standard InChI is InChI=1S/C19H21N3O5S2/c1-12-4-6-14(7-5-12)18-22-21-17(27-18)13(2)26-19(23)16-9-8-15(28-16)10-11-20-29(3,24)25/h4-9,13,20H,10-11H2,1-3H3/t13-/m0/s1. The van der Waals surface area contributed by atoms with E-state index in [1.807, 2.05) is 31.2 Å². The molecule has 3 rings (SSSR count). The molecule has 2 aromatic heterocycles. The van der Waals surface area contributed by atoms with Gasteiger partial charge in [-0.3, -0.25) is 0 Å². The Labute approximate surface area is 173 Å². The van der Waals surface area contributed by atoms with Gasteiger partial charge in [-0.15, -0.1) is 21.5 Å². The Hall–Kier alpha value is -2.56. The van der Waals surface area contributed by atoms with E-state index in [0.717, 1.165) is 22.3 Å². The number of nitrogens with one attached hydrogen (secondary N) is 1. The zero-order chi connectivity index (χ0) is 21.0. The van der Waals surface area contributed by atoms with Crippen LogP contribution in [0.25, 0.3) is 11.5 Å². The average molecular weight is 436 g/mol. The summed E-state index contributed by atoms with van der Waals surface area (Å²) in [4.78, 5) is 13.7. The molecule has 1 atom stereocenters. The summed E-state index contributed by atoms with van der Waals surface area (Å²) >= 11 is 1.26. The molecule has 0 aliphatic carbocycles. The summed E-state index contributed by atoms with van der Waals surface area (Å²) in [7, 11) is -3.23. The molecule has 0 amide bonds. The van der Waals surface area contributed by atoms with Gasteiger partial charge in [-0.1, -0.05) is 17.7 Å². The number of aryl methyl sites for hydroxylation is 1. The lowest BCUT2D eigenvalue weighted by molar-refractivity contribution is 0.0285. The van der Waals surface area contributed by atoms with Crippen LogP contribution >= 0.6 is 11.3 Å². The predicted molar refractivity (Wildman–Crippen MR) is 109 cm³/mol. The van der Waals surface area contributed by atoms with Crippen LogP contribution in [-0.2, 0) is 21.2 Å². The van der Waals surface area contributed by atoms with Crippen LogP contribution < -0.4 is 4.72 Å². The van der Waals surface area contributed by atoms with Gasteiger partial charge in [0.05, 0.1) is 6.26 Å². The largest absolute Gasteiger partial charge is 0.448 e. The third-order valence-corrected chi connectivity index (χ3v) is 5.82. The van der Waals surface area contributed by atoms with Crippen molar-refractivity contribution in [1.82, 2.24) is 14.9 Å². The minimum absolute atomic E-state index is 0.211. The predicted octanol–water partition coefficient (Wildman–Crippen LogP) is 3.12. The number of aromatic nitrogens is 2. The number of rotatable bonds is 8. The van der Waals surface area contributed by atoms with Crippen LogP contribution in [0.3, 0.4) is 0 Å². The van der Waals surface area contributed by atoms with Crippen molar-refractivity contribution in [2.75, 3.05) is 12.8 Å². The van der Waals surface area contributed by atoms with Gasteiger partial charge in [0.1, 0.15) is 4.88 Å². The van der Waals surface area contributed by atoms with Crippen LogP contribution in [0.15, 0.2) is 40.8 Å². The van der Waals surface area contributed by atoms with E-state index in [9.17, 15) is 13.2 Å². The molecule has 0 unspecified atom stereocenters. The van der Waals surface area contributed by atoms with Crippen molar-refractivity contribution >= 4 is 27.3 Å². The van der Waals surface area contributed by atoms with Crippen LogP contribution in [0.5, 0.6) is 0 Å². The van der Waals surface area contributed by atoms with Gasteiger partial charge in [0, 0.05) is 17.0 Å². The summed E-state index contributed by atoms with van der Waals surface area (Å²) in [6.45, 7) is 3.92. The van der Waals surface area contributed by atoms with E-state index in [1.54, 1.807) is 19.1 Å². The van der Waals surface area contributed by atoms with Crippen molar-refractivity contribution in [1.29, 1.82) is 0 Å². The van der Waals surface area contributed by atoms with E-state index in [-0.39, 0.29) is 12.4 Å². The number of hydrogen-bond acceptors (Lipinski definition) is 8. The van der Waals surface area contributed by atoms with Crippen LogP contribution in [0.2, 0.25) is 0 Å². The number of ether oxygens (including phenoxy) is 1. The van der Waals surface area contributed by atoms with Gasteiger partial charge in [-0.2, -0.15) is 0 Å². The second-order valence-electron chi connectivity index (χ2n) is 6.54. The fraction of sp³-hybridized carbons (Fsp3) is 0.316. The molecule has 0 fully saturated rings. The molecular weight excluding hydrogens is 414 g/mol. The number of benzene rings is 1. The van der Waals surface area contributed by atoms with E-state index < -0.39 is 22.1 Å². The molecular formula is C19H21N3O5S2. The highest BCUT2D eigenvalue weighted by molar-refractivity contribution is 7.88. The quantitative estimate of drug-likeness (QED) is 0.541. The molecule has 1 aromatic carbocycles. The van der Waals surface area contributed by atoms with Crippen LogP contribution in [0.1, 0.15) is 39.0 Å². The first-order valence-electron chi connectivity index (χ1n) is 8.86. The Bertz CT molecular complexity index is 1090. The Balaban J connectivity index is 1.59. The molecule has 0 saturated heterocycles. The summed E-state index contributed by atoms with van der Waals surface area (Å²) in [5, 5.41) is 7.99. The molecule has 0 radical (unpaired) electrons. The summed E-state index contributed by atoms with van der Waals surface area (Å²) in [5.74, 6) is 0.0719. The molecule has 0 aliphatic rings. The molecule has 8 nitrogen and oxygen atoms in total. The summed E-state index contributed by atoms with van der Waals surface area (Å²) < 4.78 is 35.7. The number of esters is 1. The van der Waals surface area contributed by atoms with Crippen molar-refractivity contribution in [2.24, 2.45) is 0 Å². The first-order chi connectivity index (χ1) is 13.7. The van der Waals surface area contributed by atoms with E-state index in [1.165, 1.54) is 11.3 Å². The van der Waals surface area contributed by atoms with Crippen LogP contribution in [-0.4, -0.2) is 37.4 Å². The van der Waals surface area contributed by atoms with E-state index in [4.69, 9.17) is 9.15 Å². The van der Waals surface area contributed by atoms with Gasteiger partial charge >= 0.3 is 5.97 Å². The normalized spacial score (nSPS) is 12.7. The van der Waals surface area contributed by atoms with Crippen LogP contribution in [0.4, 0.5) is 0 Å². The monoisotopic (exact) mass is 435 g/mol. The third-order valence-electron chi connectivity index (χ3n) is 3.97. The lowest BCUT2D eigenvalue weighted by Crippen LogP contribution is -2.23. The number of carbonyl (C=O) groups excluding carboxylic acids is 1. The van der Waals surface area contributed by atoms with Crippen molar-refractivity contribution < 1.29 is 22.4 Å². The average Bonchev–Trinajstić information content (AvgIpc) is 3.31. The zero-order valence-electron chi connectivity index (χ0n) is 16.2. The lowest BCUT2D eigenvalue weighted by atomic mass is 10.1. The molecule has 2 heterocycles. The molecule has 154 valence electrons. The zero-order valence-corrected chi connectivity index (χ0v) is 17.8. The smallest absolute Gasteiger partial charge is 0.349 e. The fourth-order valence-corrected chi connectivity index (χ4v) is 3.83. The van der Waals surface area contributed by atoms with Gasteiger partial charge in [0.2, 0.25) is 15.9 Å². The number of hydrogen-bond donors (Lipinski definition) is 1. The molecule has 1 N–H and O–H groups in total. The second kappa shape index (κ2) is 8.85. The van der Waals surface area contributed by atoms with Crippen molar-refractivity contribution in [3.63, 3.8) is 0 Å².